The molecule has 0 saturated carbocycles. The lowest BCUT2D eigenvalue weighted by atomic mass is 10.0. The second kappa shape index (κ2) is 12.8. The second-order valence-corrected chi connectivity index (χ2v) is 14.8. The van der Waals surface area contributed by atoms with Gasteiger partial charge in [-0.25, -0.2) is 15.0 Å². The molecule has 9 aromatic carbocycles. The molecule has 5 nitrogen and oxygen atoms in total. The predicted molar refractivity (Wildman–Crippen MR) is 240 cm³/mol. The van der Waals surface area contributed by atoms with Crippen LogP contribution in [-0.2, 0) is 0 Å². The van der Waals surface area contributed by atoms with Crippen LogP contribution in [0.15, 0.2) is 200 Å². The maximum Gasteiger partial charge on any atom is 0.164 e. The Bertz CT molecular complexity index is 3510. The second-order valence-electron chi connectivity index (χ2n) is 14.8. The molecule has 0 N–H and O–H groups in total. The molecule has 0 spiro atoms. The van der Waals surface area contributed by atoms with E-state index in [0.717, 1.165) is 49.9 Å². The summed E-state index contributed by atoms with van der Waals surface area (Å²) in [4.78, 5) is 15.3. The normalized spacial score (nSPS) is 11.8. The van der Waals surface area contributed by atoms with Crippen LogP contribution in [0, 0.1) is 0 Å². The molecule has 0 bridgehead atoms. The molecule has 0 saturated heterocycles. The smallest absolute Gasteiger partial charge is 0.164 e. The van der Waals surface area contributed by atoms with Crippen LogP contribution < -0.4 is 0 Å². The lowest BCUT2D eigenvalue weighted by Crippen LogP contribution is -2.02. The Morgan fingerprint density at radius 3 is 1.41 bits per heavy atom. The molecule has 0 unspecified atom stereocenters. The molecule has 0 aliphatic heterocycles. The van der Waals surface area contributed by atoms with Crippen molar-refractivity contribution in [2.75, 3.05) is 0 Å². The lowest BCUT2D eigenvalue weighted by Gasteiger charge is -2.15. The molecule has 5 heteroatoms. The Morgan fingerprint density at radius 2 is 0.776 bits per heavy atom. The van der Waals surface area contributed by atoms with Gasteiger partial charge in [-0.1, -0.05) is 152 Å². The van der Waals surface area contributed by atoms with Gasteiger partial charge in [0.05, 0.1) is 27.8 Å². The summed E-state index contributed by atoms with van der Waals surface area (Å²) in [6.45, 7) is 0. The lowest BCUT2D eigenvalue weighted by molar-refractivity contribution is 1.07. The summed E-state index contributed by atoms with van der Waals surface area (Å²) in [6.07, 6.45) is 0. The van der Waals surface area contributed by atoms with E-state index in [1.54, 1.807) is 0 Å². The van der Waals surface area contributed by atoms with Gasteiger partial charge in [0.15, 0.2) is 17.5 Å². The van der Waals surface area contributed by atoms with Gasteiger partial charge in [0.25, 0.3) is 0 Å². The van der Waals surface area contributed by atoms with Crippen molar-refractivity contribution in [3.63, 3.8) is 0 Å². The molecule has 270 valence electrons. The van der Waals surface area contributed by atoms with E-state index in [-0.39, 0.29) is 0 Å². The average molecular weight is 740 g/mol. The van der Waals surface area contributed by atoms with Crippen molar-refractivity contribution in [3.8, 4) is 45.5 Å². The molecular weight excluding hydrogens is 707 g/mol. The standard InChI is InChI=1S/C53H33N5/c1-3-16-35(17-4-1)51-54-52(36-18-5-2-6-19-36)56-53(55-51)39-31-38-21-9-10-22-41(38)48(33-39)58-45-26-14-12-24-43(45)50-47(58)30-29-46-49(50)42-23-11-13-25-44(42)57(46)40-28-27-34-15-7-8-20-37(34)32-40/h1-33H. The molecule has 58 heavy (non-hydrogen) atoms. The molecule has 3 aromatic heterocycles. The van der Waals surface area contributed by atoms with Crippen molar-refractivity contribution < 1.29 is 0 Å². The first-order chi connectivity index (χ1) is 28.8. The maximum absolute atomic E-state index is 5.14. The molecule has 0 aliphatic carbocycles. The highest BCUT2D eigenvalue weighted by Crippen LogP contribution is 2.44. The van der Waals surface area contributed by atoms with Crippen molar-refractivity contribution in [2.24, 2.45) is 0 Å². The van der Waals surface area contributed by atoms with Gasteiger partial charge in [0.1, 0.15) is 0 Å². The summed E-state index contributed by atoms with van der Waals surface area (Å²) in [5, 5.41) is 9.62. The van der Waals surface area contributed by atoms with Crippen molar-refractivity contribution in [1.29, 1.82) is 0 Å². The zero-order valence-electron chi connectivity index (χ0n) is 31.3. The molecule has 3 heterocycles. The molecule has 0 fully saturated rings. The number of rotatable bonds is 5. The van der Waals surface area contributed by atoms with Crippen LogP contribution in [0.1, 0.15) is 0 Å². The number of para-hydroxylation sites is 2. The first-order valence-electron chi connectivity index (χ1n) is 19.6. The Hall–Kier alpha value is -7.89. The predicted octanol–water partition coefficient (Wildman–Crippen LogP) is 13.4. The number of aromatic nitrogens is 5. The van der Waals surface area contributed by atoms with E-state index in [2.05, 4.69) is 173 Å². The van der Waals surface area contributed by atoms with Gasteiger partial charge in [-0.15, -0.1) is 0 Å². The molecule has 0 aliphatic rings. The van der Waals surface area contributed by atoms with Gasteiger partial charge < -0.3 is 9.13 Å². The molecule has 0 radical (unpaired) electrons. The third kappa shape index (κ3) is 5.00. The van der Waals surface area contributed by atoms with Crippen LogP contribution in [0.4, 0.5) is 0 Å². The minimum atomic E-state index is 0.626. The van der Waals surface area contributed by atoms with Crippen LogP contribution >= 0.6 is 0 Å². The van der Waals surface area contributed by atoms with Gasteiger partial charge in [0.2, 0.25) is 0 Å². The fourth-order valence-corrected chi connectivity index (χ4v) is 8.91. The monoisotopic (exact) mass is 739 g/mol. The van der Waals surface area contributed by atoms with Crippen molar-refractivity contribution in [3.05, 3.63) is 200 Å². The van der Waals surface area contributed by atoms with E-state index < -0.39 is 0 Å². The Kier molecular flexibility index (Phi) is 7.16. The largest absolute Gasteiger partial charge is 0.309 e. The molecule has 0 atom stereocenters. The summed E-state index contributed by atoms with van der Waals surface area (Å²) in [6, 6.07) is 71.0. The highest BCUT2D eigenvalue weighted by atomic mass is 15.0. The summed E-state index contributed by atoms with van der Waals surface area (Å²) < 4.78 is 4.86. The summed E-state index contributed by atoms with van der Waals surface area (Å²) in [7, 11) is 0. The van der Waals surface area contributed by atoms with Crippen LogP contribution in [0.3, 0.4) is 0 Å². The fourth-order valence-electron chi connectivity index (χ4n) is 8.91. The summed E-state index contributed by atoms with van der Waals surface area (Å²) in [5.74, 6) is 1.91. The first kappa shape index (κ1) is 32.4. The highest BCUT2D eigenvalue weighted by Gasteiger charge is 2.22. The maximum atomic E-state index is 5.14. The summed E-state index contributed by atoms with van der Waals surface area (Å²) >= 11 is 0. The third-order valence-corrected chi connectivity index (χ3v) is 11.5. The van der Waals surface area contributed by atoms with E-state index in [1.165, 1.54) is 43.4 Å². The minimum Gasteiger partial charge on any atom is -0.309 e. The molecule has 0 amide bonds. The number of hydrogen-bond donors (Lipinski definition) is 0. The number of nitrogens with zero attached hydrogens (tertiary/aromatic N) is 5. The van der Waals surface area contributed by atoms with Gasteiger partial charge in [-0.3, -0.25) is 0 Å². The van der Waals surface area contributed by atoms with E-state index >= 15 is 0 Å². The van der Waals surface area contributed by atoms with Crippen molar-refractivity contribution >= 4 is 65.2 Å². The quantitative estimate of drug-likeness (QED) is 0.177. The van der Waals surface area contributed by atoms with E-state index in [1.807, 2.05) is 36.4 Å². The van der Waals surface area contributed by atoms with E-state index in [4.69, 9.17) is 15.0 Å². The minimum absolute atomic E-state index is 0.626. The zero-order valence-corrected chi connectivity index (χ0v) is 31.3. The van der Waals surface area contributed by atoms with Gasteiger partial charge in [0, 0.05) is 49.3 Å². The van der Waals surface area contributed by atoms with Crippen molar-refractivity contribution in [2.45, 2.75) is 0 Å². The molecule has 12 aromatic rings. The van der Waals surface area contributed by atoms with Crippen LogP contribution in [0.5, 0.6) is 0 Å². The molecular formula is C53H33N5. The number of fused-ring (bicyclic) bond motifs is 9. The van der Waals surface area contributed by atoms with Gasteiger partial charge >= 0.3 is 0 Å². The topological polar surface area (TPSA) is 48.5 Å². The van der Waals surface area contributed by atoms with Crippen LogP contribution in [-0.4, -0.2) is 24.1 Å². The van der Waals surface area contributed by atoms with Crippen LogP contribution in [0.25, 0.3) is 111 Å². The van der Waals surface area contributed by atoms with Crippen molar-refractivity contribution in [1.82, 2.24) is 24.1 Å². The fraction of sp³-hybridized carbons (Fsp3) is 0. The number of hydrogen-bond acceptors (Lipinski definition) is 3. The first-order valence-corrected chi connectivity index (χ1v) is 19.6. The summed E-state index contributed by atoms with van der Waals surface area (Å²) in [5.41, 5.74) is 9.67. The van der Waals surface area contributed by atoms with Gasteiger partial charge in [-0.05, 0) is 64.7 Å². The Balaban J connectivity index is 1.15. The zero-order chi connectivity index (χ0) is 38.2. The van der Waals surface area contributed by atoms with E-state index in [0.29, 0.717) is 17.5 Å². The molecule has 12 rings (SSSR count). The highest BCUT2D eigenvalue weighted by molar-refractivity contribution is 6.29. The average Bonchev–Trinajstić information content (AvgIpc) is 3.82. The number of benzene rings is 9. The Labute approximate surface area is 333 Å². The van der Waals surface area contributed by atoms with Crippen LogP contribution in [0.2, 0.25) is 0 Å². The van der Waals surface area contributed by atoms with Gasteiger partial charge in [-0.2, -0.15) is 0 Å². The SMILES string of the molecule is c1ccc(-c2nc(-c3ccccc3)nc(-c3cc(-n4c5ccccc5c5c6c7ccccc7n(-c7ccc8ccccc8c7)c6ccc54)c4ccccc4c3)n2)cc1. The van der Waals surface area contributed by atoms with E-state index in [9.17, 15) is 0 Å². The third-order valence-electron chi connectivity index (χ3n) is 11.5. The Morgan fingerprint density at radius 1 is 0.293 bits per heavy atom.